The largest absolute Gasteiger partial charge is 0.478 e. The predicted octanol–water partition coefficient (Wildman–Crippen LogP) is 3.35. The van der Waals surface area contributed by atoms with E-state index in [-0.39, 0.29) is 17.3 Å². The number of carboxylic acid groups (broad SMARTS) is 1. The molecule has 2 rings (SSSR count). The Morgan fingerprint density at radius 2 is 2.10 bits per heavy atom. The van der Waals surface area contributed by atoms with Crippen molar-refractivity contribution < 1.29 is 14.7 Å². The molecule has 5 nitrogen and oxygen atoms in total. The molecule has 6 heteroatoms. The van der Waals surface area contributed by atoms with E-state index >= 15 is 0 Å². The summed E-state index contributed by atoms with van der Waals surface area (Å²) in [4.78, 5) is 23.0. The maximum Gasteiger partial charge on any atom is 0.337 e. The van der Waals surface area contributed by atoms with Crippen LogP contribution in [0, 0.1) is 5.92 Å². The maximum absolute atomic E-state index is 11.9. The van der Waals surface area contributed by atoms with Crippen LogP contribution in [0.5, 0.6) is 0 Å². The highest BCUT2D eigenvalue weighted by molar-refractivity contribution is 6.31. The molecule has 1 saturated carbocycles. The van der Waals surface area contributed by atoms with E-state index in [2.05, 4.69) is 17.6 Å². The predicted molar refractivity (Wildman–Crippen MR) is 77.4 cm³/mol. The van der Waals surface area contributed by atoms with Crippen molar-refractivity contribution in [2.75, 3.05) is 5.32 Å². The minimum Gasteiger partial charge on any atom is -0.478 e. The van der Waals surface area contributed by atoms with Crippen molar-refractivity contribution in [2.24, 2.45) is 5.92 Å². The third kappa shape index (κ3) is 3.63. The van der Waals surface area contributed by atoms with Gasteiger partial charge in [-0.25, -0.2) is 9.59 Å². The number of aromatic carboxylic acids is 1. The molecule has 2 amide bonds. The number of hydrogen-bond donors (Lipinski definition) is 3. The molecule has 2 atom stereocenters. The van der Waals surface area contributed by atoms with Gasteiger partial charge in [-0.15, -0.1) is 0 Å². The Hall–Kier alpha value is -1.75. The molecule has 0 spiro atoms. The van der Waals surface area contributed by atoms with Crippen molar-refractivity contribution >= 4 is 29.3 Å². The fraction of sp³-hybridized carbons (Fsp3) is 0.429. The second kappa shape index (κ2) is 6.13. The number of nitrogens with one attached hydrogen (secondary N) is 2. The number of anilines is 1. The lowest BCUT2D eigenvalue weighted by Crippen LogP contribution is -2.36. The highest BCUT2D eigenvalue weighted by Crippen LogP contribution is 2.25. The van der Waals surface area contributed by atoms with Crippen LogP contribution in [0.3, 0.4) is 0 Å². The van der Waals surface area contributed by atoms with Crippen LogP contribution in [-0.4, -0.2) is 23.1 Å². The first-order chi connectivity index (χ1) is 9.45. The maximum atomic E-state index is 11.9. The second-order valence-electron chi connectivity index (χ2n) is 5.21. The van der Waals surface area contributed by atoms with Crippen LogP contribution in [0.2, 0.25) is 5.02 Å². The summed E-state index contributed by atoms with van der Waals surface area (Å²) in [6.07, 6.45) is 3.01. The van der Waals surface area contributed by atoms with Crippen LogP contribution in [-0.2, 0) is 0 Å². The molecular formula is C14H17ClN2O3. The van der Waals surface area contributed by atoms with Crippen molar-refractivity contribution in [1.82, 2.24) is 5.32 Å². The molecule has 0 saturated heterocycles. The molecule has 1 aromatic carbocycles. The van der Waals surface area contributed by atoms with Gasteiger partial charge in [0.15, 0.2) is 0 Å². The van der Waals surface area contributed by atoms with Crippen LogP contribution < -0.4 is 10.6 Å². The van der Waals surface area contributed by atoms with E-state index in [0.29, 0.717) is 10.9 Å². The number of hydrogen-bond acceptors (Lipinski definition) is 2. The van der Waals surface area contributed by atoms with E-state index < -0.39 is 12.0 Å². The molecule has 108 valence electrons. The van der Waals surface area contributed by atoms with Gasteiger partial charge < -0.3 is 15.7 Å². The van der Waals surface area contributed by atoms with Gasteiger partial charge in [-0.2, -0.15) is 0 Å². The van der Waals surface area contributed by atoms with Gasteiger partial charge >= 0.3 is 12.0 Å². The number of carboxylic acids is 1. The molecule has 0 radical (unpaired) electrons. The van der Waals surface area contributed by atoms with E-state index in [1.807, 2.05) is 0 Å². The molecule has 2 unspecified atom stereocenters. The van der Waals surface area contributed by atoms with Gasteiger partial charge in [0.25, 0.3) is 0 Å². The van der Waals surface area contributed by atoms with Crippen LogP contribution >= 0.6 is 11.6 Å². The van der Waals surface area contributed by atoms with Gasteiger partial charge in [-0.05, 0) is 43.4 Å². The highest BCUT2D eigenvalue weighted by Gasteiger charge is 2.23. The lowest BCUT2D eigenvalue weighted by molar-refractivity contribution is 0.0698. The first kappa shape index (κ1) is 14.7. The monoisotopic (exact) mass is 296 g/mol. The quantitative estimate of drug-likeness (QED) is 0.800. The summed E-state index contributed by atoms with van der Waals surface area (Å²) in [5.41, 5.74) is 0.220. The molecule has 0 heterocycles. The van der Waals surface area contributed by atoms with Gasteiger partial charge in [0.1, 0.15) is 0 Å². The molecule has 20 heavy (non-hydrogen) atoms. The zero-order chi connectivity index (χ0) is 14.7. The van der Waals surface area contributed by atoms with Crippen molar-refractivity contribution in [3.8, 4) is 0 Å². The van der Waals surface area contributed by atoms with Crippen molar-refractivity contribution in [3.05, 3.63) is 28.8 Å². The van der Waals surface area contributed by atoms with E-state index in [4.69, 9.17) is 16.7 Å². The molecule has 0 aromatic heterocycles. The Kier molecular flexibility index (Phi) is 4.49. The average molecular weight is 297 g/mol. The minimum absolute atomic E-state index is 0.0179. The Morgan fingerprint density at radius 1 is 1.35 bits per heavy atom. The van der Waals surface area contributed by atoms with Crippen LogP contribution in [0.25, 0.3) is 0 Å². The zero-order valence-corrected chi connectivity index (χ0v) is 11.9. The van der Waals surface area contributed by atoms with Crippen LogP contribution in [0.15, 0.2) is 18.2 Å². The molecule has 3 N–H and O–H groups in total. The van der Waals surface area contributed by atoms with E-state index in [0.717, 1.165) is 19.3 Å². The third-order valence-electron chi connectivity index (χ3n) is 3.49. The van der Waals surface area contributed by atoms with Gasteiger partial charge in [-0.1, -0.05) is 18.5 Å². The summed E-state index contributed by atoms with van der Waals surface area (Å²) >= 11 is 5.83. The Morgan fingerprint density at radius 3 is 2.70 bits per heavy atom. The molecule has 0 bridgehead atoms. The van der Waals surface area contributed by atoms with Crippen LogP contribution in [0.1, 0.15) is 36.5 Å². The topological polar surface area (TPSA) is 78.4 Å². The smallest absolute Gasteiger partial charge is 0.337 e. The first-order valence-corrected chi connectivity index (χ1v) is 6.94. The third-order valence-corrected chi connectivity index (χ3v) is 3.73. The van der Waals surface area contributed by atoms with Crippen LogP contribution in [0.4, 0.5) is 10.5 Å². The summed E-state index contributed by atoms with van der Waals surface area (Å²) in [5, 5.41) is 14.9. The van der Waals surface area contributed by atoms with E-state index in [9.17, 15) is 9.59 Å². The number of halogens is 1. The van der Waals surface area contributed by atoms with E-state index in [1.165, 1.54) is 18.2 Å². The number of benzene rings is 1. The molecule has 1 aromatic rings. The van der Waals surface area contributed by atoms with E-state index in [1.54, 1.807) is 0 Å². The Labute approximate surface area is 122 Å². The minimum atomic E-state index is -1.11. The fourth-order valence-corrected chi connectivity index (χ4v) is 2.66. The van der Waals surface area contributed by atoms with Crippen molar-refractivity contribution in [2.45, 2.75) is 32.2 Å². The zero-order valence-electron chi connectivity index (χ0n) is 11.1. The van der Waals surface area contributed by atoms with Gasteiger partial charge in [0.05, 0.1) is 11.3 Å². The second-order valence-corrected chi connectivity index (χ2v) is 5.65. The summed E-state index contributed by atoms with van der Waals surface area (Å²) in [6, 6.07) is 4.04. The van der Waals surface area contributed by atoms with Gasteiger partial charge in [0, 0.05) is 11.1 Å². The summed E-state index contributed by atoms with van der Waals surface area (Å²) in [7, 11) is 0. The molecule has 1 aliphatic rings. The Bertz CT molecular complexity index is 533. The number of carbonyl (C=O) groups is 2. The Balaban J connectivity index is 2.03. The highest BCUT2D eigenvalue weighted by atomic mass is 35.5. The molecule has 1 fully saturated rings. The number of carbonyl (C=O) groups excluding carboxylic acids is 1. The first-order valence-electron chi connectivity index (χ1n) is 6.56. The lowest BCUT2D eigenvalue weighted by Gasteiger charge is -2.14. The number of amides is 2. The lowest BCUT2D eigenvalue weighted by atomic mass is 10.1. The summed E-state index contributed by atoms with van der Waals surface area (Å²) in [6.45, 7) is 2.15. The van der Waals surface area contributed by atoms with Crippen molar-refractivity contribution in [3.63, 3.8) is 0 Å². The molecule has 0 aliphatic heterocycles. The SMILES string of the molecule is CC1CCC(NC(=O)Nc2cc(Cl)ccc2C(=O)O)C1. The standard InChI is InChI=1S/C14H17ClN2O3/c1-8-2-4-10(6-8)16-14(20)17-12-7-9(15)3-5-11(12)13(18)19/h3,5,7-8,10H,2,4,6H2,1H3,(H,18,19)(H2,16,17,20). The molecule has 1 aliphatic carbocycles. The fourth-order valence-electron chi connectivity index (χ4n) is 2.49. The average Bonchev–Trinajstić information content (AvgIpc) is 2.74. The summed E-state index contributed by atoms with van der Waals surface area (Å²) < 4.78 is 0. The normalized spacial score (nSPS) is 21.5. The van der Waals surface area contributed by atoms with Gasteiger partial charge in [-0.3, -0.25) is 0 Å². The number of rotatable bonds is 3. The summed E-state index contributed by atoms with van der Waals surface area (Å²) in [5.74, 6) is -0.493. The van der Waals surface area contributed by atoms with Crippen molar-refractivity contribution in [1.29, 1.82) is 0 Å². The van der Waals surface area contributed by atoms with Gasteiger partial charge in [0.2, 0.25) is 0 Å². The number of urea groups is 1. The molecular weight excluding hydrogens is 280 g/mol.